The lowest BCUT2D eigenvalue weighted by Gasteiger charge is -2.11. The number of para-hydroxylation sites is 1. The summed E-state index contributed by atoms with van der Waals surface area (Å²) < 4.78 is 10.7. The molecule has 0 atom stereocenters. The summed E-state index contributed by atoms with van der Waals surface area (Å²) in [6.45, 7) is 4.17. The number of aryl methyl sites for hydroxylation is 1. The van der Waals surface area contributed by atoms with Gasteiger partial charge in [0.2, 0.25) is 0 Å². The van der Waals surface area contributed by atoms with Gasteiger partial charge in [0.1, 0.15) is 17.3 Å². The fraction of sp³-hybridized carbons (Fsp3) is 0.0541. The van der Waals surface area contributed by atoms with Crippen LogP contribution < -0.4 is 4.74 Å². The molecule has 8 rings (SSSR count). The van der Waals surface area contributed by atoms with E-state index in [0.717, 1.165) is 72.7 Å². The van der Waals surface area contributed by atoms with E-state index in [1.165, 1.54) is 5.39 Å². The van der Waals surface area contributed by atoms with Crippen LogP contribution in [0.25, 0.3) is 55.2 Å². The normalized spacial score (nSPS) is 11.5. The molecule has 4 heterocycles. The van der Waals surface area contributed by atoms with E-state index in [0.29, 0.717) is 0 Å². The molecule has 4 aromatic carbocycles. The maximum absolute atomic E-state index is 6.47. The Morgan fingerprint density at radius 3 is 2.40 bits per heavy atom. The molecule has 6 nitrogen and oxygen atoms in total. The Kier molecular flexibility index (Phi) is 5.79. The Morgan fingerprint density at radius 2 is 1.49 bits per heavy atom. The van der Waals surface area contributed by atoms with E-state index >= 15 is 0 Å². The lowest BCUT2D eigenvalue weighted by molar-refractivity contribution is 0.483. The molecule has 43 heavy (non-hydrogen) atoms. The van der Waals surface area contributed by atoms with Gasteiger partial charge < -0.3 is 4.74 Å². The van der Waals surface area contributed by atoms with E-state index in [4.69, 9.17) is 9.84 Å². The van der Waals surface area contributed by atoms with Crippen LogP contribution in [-0.4, -0.2) is 24.3 Å². The average Bonchev–Trinajstić information content (AvgIpc) is 3.54. The molecule has 6 heteroatoms. The van der Waals surface area contributed by atoms with E-state index in [-0.39, 0.29) is 0 Å². The smallest absolute Gasteiger partial charge is 0.137 e. The van der Waals surface area contributed by atoms with Crippen molar-refractivity contribution in [3.05, 3.63) is 139 Å². The summed E-state index contributed by atoms with van der Waals surface area (Å²) in [5, 5.41) is 9.56. The number of fused-ring (bicyclic) bond motifs is 4. The molecule has 0 unspecified atom stereocenters. The third kappa shape index (κ3) is 4.15. The predicted molar refractivity (Wildman–Crippen MR) is 172 cm³/mol. The van der Waals surface area contributed by atoms with Crippen LogP contribution in [0.1, 0.15) is 11.4 Å². The van der Waals surface area contributed by atoms with Gasteiger partial charge in [0, 0.05) is 58.1 Å². The van der Waals surface area contributed by atoms with Gasteiger partial charge in [-0.3, -0.25) is 9.55 Å². The molecular weight excluding hydrogens is 530 g/mol. The highest BCUT2D eigenvalue weighted by atomic mass is 16.5. The summed E-state index contributed by atoms with van der Waals surface area (Å²) in [5.41, 5.74) is 7.37. The number of nitrogens with zero attached hydrogens (tertiary/aromatic N) is 5. The Labute approximate surface area is 248 Å². The first-order valence-corrected chi connectivity index (χ1v) is 14.3. The molecule has 8 aromatic rings. The number of pyridine rings is 2. The summed E-state index contributed by atoms with van der Waals surface area (Å²) in [6, 6.07) is 37.1. The monoisotopic (exact) mass is 557 g/mol. The van der Waals surface area contributed by atoms with Crippen molar-refractivity contribution >= 4 is 32.6 Å². The molecule has 4 aromatic heterocycles. The second kappa shape index (κ2) is 9.96. The minimum atomic E-state index is 0.737. The fourth-order valence-corrected chi connectivity index (χ4v) is 6.18. The molecule has 206 valence electrons. The molecule has 0 aliphatic heterocycles. The van der Waals surface area contributed by atoms with Crippen LogP contribution in [0, 0.1) is 13.8 Å². The summed E-state index contributed by atoms with van der Waals surface area (Å²) in [7, 11) is 0. The van der Waals surface area contributed by atoms with Crippen LogP contribution in [-0.2, 0) is 0 Å². The zero-order valence-electron chi connectivity index (χ0n) is 23.8. The highest BCUT2D eigenvalue weighted by Crippen LogP contribution is 2.36. The molecule has 0 fully saturated rings. The second-order valence-electron chi connectivity index (χ2n) is 10.7. The number of rotatable bonds is 5. The predicted octanol–water partition coefficient (Wildman–Crippen LogP) is 8.99. The molecule has 0 aliphatic rings. The van der Waals surface area contributed by atoms with Gasteiger partial charge in [-0.15, -0.1) is 0 Å². The van der Waals surface area contributed by atoms with Gasteiger partial charge in [-0.2, -0.15) is 5.10 Å². The van der Waals surface area contributed by atoms with Gasteiger partial charge in [0.05, 0.1) is 22.4 Å². The van der Waals surface area contributed by atoms with E-state index < -0.39 is 0 Å². The highest BCUT2D eigenvalue weighted by molar-refractivity contribution is 6.09. The minimum Gasteiger partial charge on any atom is -0.457 e. The molecule has 0 bridgehead atoms. The third-order valence-corrected chi connectivity index (χ3v) is 8.07. The van der Waals surface area contributed by atoms with Crippen LogP contribution in [0.2, 0.25) is 0 Å². The first kappa shape index (κ1) is 25.0. The molecule has 0 saturated heterocycles. The summed E-state index contributed by atoms with van der Waals surface area (Å²) >= 11 is 0. The molecule has 0 N–H and O–H groups in total. The van der Waals surface area contributed by atoms with E-state index in [1.807, 2.05) is 71.8 Å². The molecule has 0 radical (unpaired) electrons. The maximum Gasteiger partial charge on any atom is 0.137 e. The van der Waals surface area contributed by atoms with Crippen LogP contribution in [0.15, 0.2) is 128 Å². The lowest BCUT2D eigenvalue weighted by Crippen LogP contribution is -1.99. The Bertz CT molecular complexity index is 2290. The molecule has 0 spiro atoms. The van der Waals surface area contributed by atoms with Crippen molar-refractivity contribution in [3.8, 4) is 34.1 Å². The van der Waals surface area contributed by atoms with Crippen molar-refractivity contribution < 1.29 is 4.74 Å². The molecule has 0 saturated carbocycles. The maximum atomic E-state index is 6.47. The summed E-state index contributed by atoms with van der Waals surface area (Å²) in [5.74, 6) is 2.36. The second-order valence-corrected chi connectivity index (χ2v) is 10.7. The topological polar surface area (TPSA) is 57.8 Å². The number of aromatic nitrogens is 5. The van der Waals surface area contributed by atoms with E-state index in [2.05, 4.69) is 89.0 Å². The van der Waals surface area contributed by atoms with Crippen molar-refractivity contribution in [2.45, 2.75) is 13.8 Å². The quantitative estimate of drug-likeness (QED) is 0.212. The average molecular weight is 558 g/mol. The van der Waals surface area contributed by atoms with E-state index in [1.54, 1.807) is 0 Å². The van der Waals surface area contributed by atoms with Crippen LogP contribution in [0.4, 0.5) is 0 Å². The van der Waals surface area contributed by atoms with Gasteiger partial charge in [-0.25, -0.2) is 9.67 Å². The molecular formula is C37H27N5O. The number of benzene rings is 4. The third-order valence-electron chi connectivity index (χ3n) is 8.07. The van der Waals surface area contributed by atoms with Crippen LogP contribution in [0.3, 0.4) is 0 Å². The van der Waals surface area contributed by atoms with Crippen LogP contribution in [0.5, 0.6) is 11.5 Å². The first-order valence-electron chi connectivity index (χ1n) is 14.3. The number of hydrogen-bond donors (Lipinski definition) is 0. The zero-order chi connectivity index (χ0) is 28.9. The van der Waals surface area contributed by atoms with Gasteiger partial charge in [0.15, 0.2) is 0 Å². The lowest BCUT2D eigenvalue weighted by atomic mass is 9.98. The van der Waals surface area contributed by atoms with Crippen molar-refractivity contribution in [2.24, 2.45) is 0 Å². The van der Waals surface area contributed by atoms with Crippen LogP contribution >= 0.6 is 0 Å². The SMILES string of the molecule is Cc1nn(-c2cccc(Oc3ccc4c5ccccc5n(-c5ccccn5)c4c3)c2)c(C)c1-c1cccc2ccncc12. The number of ether oxygens (including phenoxy) is 1. The Hall–Kier alpha value is -5.75. The van der Waals surface area contributed by atoms with Gasteiger partial charge in [-0.1, -0.05) is 48.5 Å². The van der Waals surface area contributed by atoms with Gasteiger partial charge in [0.25, 0.3) is 0 Å². The number of hydrogen-bond acceptors (Lipinski definition) is 4. The summed E-state index contributed by atoms with van der Waals surface area (Å²) in [4.78, 5) is 9.02. The first-order chi connectivity index (χ1) is 21.2. The van der Waals surface area contributed by atoms with Crippen molar-refractivity contribution in [3.63, 3.8) is 0 Å². The van der Waals surface area contributed by atoms with E-state index in [9.17, 15) is 0 Å². The largest absolute Gasteiger partial charge is 0.457 e. The standard InChI is InChI=1S/C37H27N5O/c1-24-37(32-13-7-9-26-18-20-38-23-33(26)32)25(2)42(40-24)27-10-8-11-28(21-27)43-29-16-17-31-30-12-3-4-14-34(30)41(35(31)22-29)36-15-5-6-19-39-36/h3-23H,1-2H3. The minimum absolute atomic E-state index is 0.737. The van der Waals surface area contributed by atoms with Gasteiger partial charge in [-0.05, 0) is 73.3 Å². The fourth-order valence-electron chi connectivity index (χ4n) is 6.18. The Balaban J connectivity index is 1.19. The van der Waals surface area contributed by atoms with Crippen molar-refractivity contribution in [1.29, 1.82) is 0 Å². The zero-order valence-corrected chi connectivity index (χ0v) is 23.8. The van der Waals surface area contributed by atoms with Gasteiger partial charge >= 0.3 is 0 Å². The van der Waals surface area contributed by atoms with Crippen molar-refractivity contribution in [2.75, 3.05) is 0 Å². The molecule has 0 amide bonds. The van der Waals surface area contributed by atoms with Crippen molar-refractivity contribution in [1.82, 2.24) is 24.3 Å². The highest BCUT2D eigenvalue weighted by Gasteiger charge is 2.18. The Morgan fingerprint density at radius 1 is 0.651 bits per heavy atom. The summed E-state index contributed by atoms with van der Waals surface area (Å²) in [6.07, 6.45) is 5.58. The molecule has 0 aliphatic carbocycles.